The van der Waals surface area contributed by atoms with E-state index in [-0.39, 0.29) is 5.91 Å². The summed E-state index contributed by atoms with van der Waals surface area (Å²) in [4.78, 5) is 20.8. The predicted octanol–water partition coefficient (Wildman–Crippen LogP) is 5.49. The summed E-state index contributed by atoms with van der Waals surface area (Å²) < 4.78 is 5.69. The highest BCUT2D eigenvalue weighted by Gasteiger charge is 2.16. The third-order valence-electron chi connectivity index (χ3n) is 4.01. The van der Waals surface area contributed by atoms with E-state index in [4.69, 9.17) is 16.3 Å². The molecule has 5 nitrogen and oxygen atoms in total. The molecule has 140 valence electrons. The third kappa shape index (κ3) is 4.71. The number of aliphatic imine (C=N–C) groups is 1. The van der Waals surface area contributed by atoms with Gasteiger partial charge in [0.05, 0.1) is 22.7 Å². The summed E-state index contributed by atoms with van der Waals surface area (Å²) in [5.74, 6) is 1.56. The summed E-state index contributed by atoms with van der Waals surface area (Å²) in [6, 6.07) is 16.5. The molecule has 0 saturated heterocycles. The van der Waals surface area contributed by atoms with Gasteiger partial charge in [-0.1, -0.05) is 17.7 Å². The fourth-order valence-electron chi connectivity index (χ4n) is 2.71. The second kappa shape index (κ2) is 8.46. The van der Waals surface area contributed by atoms with E-state index in [1.54, 1.807) is 36.7 Å². The van der Waals surface area contributed by atoms with Crippen molar-refractivity contribution in [2.24, 2.45) is 4.99 Å². The Labute approximate surface area is 171 Å². The molecule has 1 aliphatic heterocycles. The Kier molecular flexibility index (Phi) is 5.60. The number of pyridine rings is 1. The lowest BCUT2D eigenvalue weighted by Crippen LogP contribution is -2.15. The molecule has 0 radical (unpaired) electrons. The first-order valence-corrected chi connectivity index (χ1v) is 9.99. The van der Waals surface area contributed by atoms with Gasteiger partial charge in [0.2, 0.25) is 5.91 Å². The summed E-state index contributed by atoms with van der Waals surface area (Å²) >= 11 is 7.44. The molecule has 0 atom stereocenters. The van der Waals surface area contributed by atoms with Gasteiger partial charge in [0.15, 0.2) is 0 Å². The lowest BCUT2D eigenvalue weighted by Gasteiger charge is -2.08. The van der Waals surface area contributed by atoms with Crippen LogP contribution in [0.1, 0.15) is 5.56 Å². The molecule has 7 heteroatoms. The van der Waals surface area contributed by atoms with Gasteiger partial charge in [-0.25, -0.2) is 4.99 Å². The van der Waals surface area contributed by atoms with E-state index >= 15 is 0 Å². The second-order valence-electron chi connectivity index (χ2n) is 6.11. The Bertz CT molecular complexity index is 1020. The molecule has 2 heterocycles. The number of thioether (sulfide) groups is 1. The number of amides is 1. The first-order chi connectivity index (χ1) is 13.7. The Hall–Kier alpha value is -2.83. The number of hydrogen-bond acceptors (Lipinski definition) is 5. The number of hydrogen-bond donors (Lipinski definition) is 1. The number of aromatic nitrogens is 1. The molecule has 1 N–H and O–H groups in total. The molecule has 4 rings (SSSR count). The van der Waals surface area contributed by atoms with Gasteiger partial charge >= 0.3 is 0 Å². The Morgan fingerprint density at radius 2 is 2.00 bits per heavy atom. The van der Waals surface area contributed by atoms with Crippen LogP contribution in [0.3, 0.4) is 0 Å². The fraction of sp³-hybridized carbons (Fsp3) is 0.0952. The SMILES string of the molecule is O=C(CSC1=Nc2cc(Cl)ccc2C1)Nc1ccc(Oc2cccnc2)cc1. The molecule has 0 aliphatic carbocycles. The summed E-state index contributed by atoms with van der Waals surface area (Å²) in [6.07, 6.45) is 4.07. The monoisotopic (exact) mass is 409 g/mol. The molecule has 0 bridgehead atoms. The molecule has 1 aliphatic rings. The first kappa shape index (κ1) is 18.5. The van der Waals surface area contributed by atoms with Crippen LogP contribution in [0.25, 0.3) is 0 Å². The third-order valence-corrected chi connectivity index (χ3v) is 5.22. The fourth-order valence-corrected chi connectivity index (χ4v) is 3.66. The highest BCUT2D eigenvalue weighted by Crippen LogP contribution is 2.32. The maximum Gasteiger partial charge on any atom is 0.234 e. The van der Waals surface area contributed by atoms with Crippen LogP contribution in [0.5, 0.6) is 11.5 Å². The van der Waals surface area contributed by atoms with Crippen LogP contribution in [0.2, 0.25) is 5.02 Å². The minimum absolute atomic E-state index is 0.0809. The Balaban J connectivity index is 1.28. The summed E-state index contributed by atoms with van der Waals surface area (Å²) in [6.45, 7) is 0. The maximum absolute atomic E-state index is 12.2. The largest absolute Gasteiger partial charge is 0.456 e. The number of benzene rings is 2. The summed E-state index contributed by atoms with van der Waals surface area (Å²) in [7, 11) is 0. The van der Waals surface area contributed by atoms with E-state index in [1.807, 2.05) is 30.3 Å². The molecule has 0 fully saturated rings. The molecule has 3 aromatic rings. The van der Waals surface area contributed by atoms with Crippen molar-refractivity contribution < 1.29 is 9.53 Å². The van der Waals surface area contributed by atoms with Gasteiger partial charge < -0.3 is 10.1 Å². The minimum atomic E-state index is -0.0809. The van der Waals surface area contributed by atoms with E-state index in [1.165, 1.54) is 11.8 Å². The van der Waals surface area contributed by atoms with Gasteiger partial charge in [-0.2, -0.15) is 0 Å². The Morgan fingerprint density at radius 1 is 1.14 bits per heavy atom. The number of halogens is 1. The topological polar surface area (TPSA) is 63.6 Å². The van der Waals surface area contributed by atoms with Crippen molar-refractivity contribution in [2.75, 3.05) is 11.1 Å². The van der Waals surface area contributed by atoms with Gasteiger partial charge in [0.1, 0.15) is 11.5 Å². The van der Waals surface area contributed by atoms with E-state index in [0.717, 1.165) is 22.7 Å². The van der Waals surface area contributed by atoms with Crippen LogP contribution in [-0.4, -0.2) is 21.7 Å². The summed E-state index contributed by atoms with van der Waals surface area (Å²) in [5, 5.41) is 4.48. The lowest BCUT2D eigenvalue weighted by atomic mass is 10.2. The van der Waals surface area contributed by atoms with Crippen molar-refractivity contribution in [1.82, 2.24) is 4.98 Å². The molecule has 28 heavy (non-hydrogen) atoms. The standard InChI is InChI=1S/C21H16ClN3O2S/c22-15-4-3-14-10-21(25-19(14)11-15)28-13-20(26)24-16-5-7-17(8-6-16)27-18-2-1-9-23-12-18/h1-9,11-12H,10,13H2,(H,24,26). The first-order valence-electron chi connectivity index (χ1n) is 8.62. The highest BCUT2D eigenvalue weighted by atomic mass is 35.5. The second-order valence-corrected chi connectivity index (χ2v) is 7.59. The van der Waals surface area contributed by atoms with Crippen LogP contribution in [0.15, 0.2) is 72.0 Å². The molecule has 1 aromatic heterocycles. The molecule has 0 unspecified atom stereocenters. The summed E-state index contributed by atoms with van der Waals surface area (Å²) in [5.41, 5.74) is 2.74. The Morgan fingerprint density at radius 3 is 2.79 bits per heavy atom. The van der Waals surface area contributed by atoms with Crippen LogP contribution in [0, 0.1) is 0 Å². The van der Waals surface area contributed by atoms with Crippen LogP contribution < -0.4 is 10.1 Å². The van der Waals surface area contributed by atoms with Crippen molar-refractivity contribution in [2.45, 2.75) is 6.42 Å². The molecule has 0 spiro atoms. The van der Waals surface area contributed by atoms with Gasteiger partial charge in [0, 0.05) is 23.3 Å². The number of carbonyl (C=O) groups is 1. The van der Waals surface area contributed by atoms with Crippen molar-refractivity contribution in [3.05, 3.63) is 77.6 Å². The molecule has 0 saturated carbocycles. The number of nitrogens with zero attached hydrogens (tertiary/aromatic N) is 2. The molecule has 1 amide bonds. The number of carbonyl (C=O) groups excluding carboxylic acids is 1. The molecular weight excluding hydrogens is 394 g/mol. The number of ether oxygens (including phenoxy) is 1. The maximum atomic E-state index is 12.2. The average molecular weight is 410 g/mol. The van der Waals surface area contributed by atoms with Crippen molar-refractivity contribution >= 4 is 45.7 Å². The van der Waals surface area contributed by atoms with Gasteiger partial charge in [-0.15, -0.1) is 11.8 Å². The van der Waals surface area contributed by atoms with Crippen molar-refractivity contribution in [3.63, 3.8) is 0 Å². The zero-order chi connectivity index (χ0) is 19.3. The smallest absolute Gasteiger partial charge is 0.234 e. The van der Waals surface area contributed by atoms with Gasteiger partial charge in [-0.05, 0) is 54.1 Å². The van der Waals surface area contributed by atoms with Crippen LogP contribution in [-0.2, 0) is 11.2 Å². The van der Waals surface area contributed by atoms with E-state index in [2.05, 4.69) is 15.3 Å². The zero-order valence-electron chi connectivity index (χ0n) is 14.8. The highest BCUT2D eigenvalue weighted by molar-refractivity contribution is 8.14. The number of fused-ring (bicyclic) bond motifs is 1. The van der Waals surface area contributed by atoms with E-state index < -0.39 is 0 Å². The zero-order valence-corrected chi connectivity index (χ0v) is 16.3. The number of anilines is 1. The quantitative estimate of drug-likeness (QED) is 0.605. The molecular formula is C21H16ClN3O2S. The number of nitrogens with one attached hydrogen (secondary N) is 1. The van der Waals surface area contributed by atoms with E-state index in [0.29, 0.717) is 28.0 Å². The predicted molar refractivity (Wildman–Crippen MR) is 114 cm³/mol. The van der Waals surface area contributed by atoms with Crippen molar-refractivity contribution in [3.8, 4) is 11.5 Å². The normalized spacial score (nSPS) is 12.2. The molecule has 2 aromatic carbocycles. The van der Waals surface area contributed by atoms with Crippen LogP contribution >= 0.6 is 23.4 Å². The number of rotatable bonds is 5. The van der Waals surface area contributed by atoms with Gasteiger partial charge in [0.25, 0.3) is 0 Å². The van der Waals surface area contributed by atoms with Crippen molar-refractivity contribution in [1.29, 1.82) is 0 Å². The van der Waals surface area contributed by atoms with E-state index in [9.17, 15) is 4.79 Å². The lowest BCUT2D eigenvalue weighted by molar-refractivity contribution is -0.113. The minimum Gasteiger partial charge on any atom is -0.456 e. The average Bonchev–Trinajstić information content (AvgIpc) is 3.11. The van der Waals surface area contributed by atoms with Crippen LogP contribution in [0.4, 0.5) is 11.4 Å². The van der Waals surface area contributed by atoms with Gasteiger partial charge in [-0.3, -0.25) is 9.78 Å².